The van der Waals surface area contributed by atoms with E-state index in [0.717, 1.165) is 38.4 Å². The van der Waals surface area contributed by atoms with Crippen LogP contribution in [-0.2, 0) is 9.59 Å². The number of carbonyl (C=O) groups excluding carboxylic acids is 2. The smallest absolute Gasteiger partial charge is 0.252 e. The minimum atomic E-state index is -0.645. The fourth-order valence-corrected chi connectivity index (χ4v) is 2.92. The summed E-state index contributed by atoms with van der Waals surface area (Å²) in [6.07, 6.45) is 0.0547. The number of benzene rings is 1. The number of para-hydroxylation sites is 1. The number of guanidine groups is 1. The Balaban J connectivity index is 1.55. The molecule has 1 aromatic rings. The van der Waals surface area contributed by atoms with E-state index in [1.165, 1.54) is 0 Å². The predicted octanol–water partition coefficient (Wildman–Crippen LogP) is 0.507. The summed E-state index contributed by atoms with van der Waals surface area (Å²) in [7, 11) is 0. The van der Waals surface area contributed by atoms with Crippen LogP contribution < -0.4 is 10.6 Å². The first-order valence-corrected chi connectivity index (χ1v) is 8.36. The number of aliphatic imine (C=N–C) groups is 1. The molecule has 7 nitrogen and oxygen atoms in total. The van der Waals surface area contributed by atoms with E-state index < -0.39 is 6.04 Å². The lowest BCUT2D eigenvalue weighted by molar-refractivity contribution is -0.124. The summed E-state index contributed by atoms with van der Waals surface area (Å²) in [5.41, 5.74) is 0.723. The van der Waals surface area contributed by atoms with Gasteiger partial charge < -0.3 is 15.1 Å². The van der Waals surface area contributed by atoms with Crippen LogP contribution in [0.3, 0.4) is 0 Å². The van der Waals surface area contributed by atoms with Gasteiger partial charge in [0.15, 0.2) is 0 Å². The van der Waals surface area contributed by atoms with Crippen molar-refractivity contribution in [2.75, 3.05) is 38.0 Å². The highest BCUT2D eigenvalue weighted by molar-refractivity contribution is 6.07. The summed E-state index contributed by atoms with van der Waals surface area (Å²) in [6, 6.07) is 8.57. The average molecular weight is 329 g/mol. The Labute approximate surface area is 141 Å². The van der Waals surface area contributed by atoms with Crippen LogP contribution in [-0.4, -0.2) is 66.3 Å². The van der Waals surface area contributed by atoms with Crippen molar-refractivity contribution in [3.8, 4) is 0 Å². The van der Waals surface area contributed by atoms with Gasteiger partial charge in [-0.05, 0) is 18.7 Å². The summed E-state index contributed by atoms with van der Waals surface area (Å²) in [5.74, 6) is 0.196. The molecule has 2 amide bonds. The van der Waals surface area contributed by atoms with Gasteiger partial charge in [0.25, 0.3) is 5.91 Å². The van der Waals surface area contributed by atoms with Gasteiger partial charge in [0.2, 0.25) is 11.9 Å². The Hall–Kier alpha value is -2.41. The number of nitrogens with one attached hydrogen (secondary N) is 2. The Morgan fingerprint density at radius 2 is 1.96 bits per heavy atom. The summed E-state index contributed by atoms with van der Waals surface area (Å²) >= 11 is 0. The van der Waals surface area contributed by atoms with Crippen molar-refractivity contribution in [1.29, 1.82) is 0 Å². The first kappa shape index (κ1) is 16.4. The predicted molar refractivity (Wildman–Crippen MR) is 92.7 cm³/mol. The maximum absolute atomic E-state index is 12.1. The van der Waals surface area contributed by atoms with Gasteiger partial charge in [0, 0.05) is 31.9 Å². The zero-order chi connectivity index (χ0) is 16.9. The van der Waals surface area contributed by atoms with E-state index in [-0.39, 0.29) is 18.2 Å². The highest BCUT2D eigenvalue weighted by Crippen LogP contribution is 2.12. The quantitative estimate of drug-likeness (QED) is 0.844. The van der Waals surface area contributed by atoms with Crippen LogP contribution in [0.15, 0.2) is 35.3 Å². The van der Waals surface area contributed by atoms with E-state index in [9.17, 15) is 9.59 Å². The number of hydrogen-bond acceptors (Lipinski definition) is 5. The summed E-state index contributed by atoms with van der Waals surface area (Å²) in [5, 5.41) is 5.60. The third-order valence-corrected chi connectivity index (χ3v) is 4.37. The molecule has 2 aliphatic rings. The van der Waals surface area contributed by atoms with Crippen molar-refractivity contribution in [2.24, 2.45) is 4.99 Å². The molecule has 1 atom stereocenters. The van der Waals surface area contributed by atoms with Crippen LogP contribution in [0.1, 0.15) is 13.3 Å². The number of likely N-dealkylation sites (N-methyl/N-ethyl adjacent to an activating group) is 1. The van der Waals surface area contributed by atoms with Crippen LogP contribution >= 0.6 is 0 Å². The van der Waals surface area contributed by atoms with Crippen molar-refractivity contribution >= 4 is 23.5 Å². The maximum atomic E-state index is 12.1. The van der Waals surface area contributed by atoms with E-state index in [1.807, 2.05) is 30.3 Å². The van der Waals surface area contributed by atoms with Crippen LogP contribution in [0.4, 0.5) is 5.69 Å². The SMILES string of the molecule is CCN1CCN(C2=N[C@H](CC(=O)Nc3ccccc3)C(=O)N2)CC1. The molecule has 0 bridgehead atoms. The highest BCUT2D eigenvalue weighted by Gasteiger charge is 2.32. The lowest BCUT2D eigenvalue weighted by Crippen LogP contribution is -2.51. The molecule has 0 radical (unpaired) electrons. The van der Waals surface area contributed by atoms with Gasteiger partial charge in [0.1, 0.15) is 6.04 Å². The molecule has 2 heterocycles. The van der Waals surface area contributed by atoms with E-state index >= 15 is 0 Å². The first-order valence-electron chi connectivity index (χ1n) is 8.36. The molecule has 1 fully saturated rings. The Morgan fingerprint density at radius 1 is 1.25 bits per heavy atom. The molecule has 0 aromatic heterocycles. The lowest BCUT2D eigenvalue weighted by atomic mass is 10.2. The van der Waals surface area contributed by atoms with E-state index in [1.54, 1.807) is 0 Å². The minimum absolute atomic E-state index is 0.0547. The Morgan fingerprint density at radius 3 is 2.62 bits per heavy atom. The number of amides is 2. The molecular formula is C17H23N5O2. The molecule has 0 spiro atoms. The molecule has 2 aliphatic heterocycles. The molecule has 3 rings (SSSR count). The molecule has 0 aliphatic carbocycles. The van der Waals surface area contributed by atoms with Crippen molar-refractivity contribution in [3.05, 3.63) is 30.3 Å². The topological polar surface area (TPSA) is 77.0 Å². The standard InChI is InChI=1S/C17H23N5O2/c1-2-21-8-10-22(11-9-21)17-19-14(16(24)20-17)12-15(23)18-13-6-4-3-5-7-13/h3-7,14H,2,8-12H2,1H3,(H,18,23)(H,19,20,24)/t14-/m1/s1. The fraction of sp³-hybridized carbons (Fsp3) is 0.471. The lowest BCUT2D eigenvalue weighted by Gasteiger charge is -2.34. The van der Waals surface area contributed by atoms with Gasteiger partial charge in [0.05, 0.1) is 6.42 Å². The number of piperazine rings is 1. The van der Waals surface area contributed by atoms with Gasteiger partial charge in [-0.25, -0.2) is 4.99 Å². The molecule has 1 aromatic carbocycles. The van der Waals surface area contributed by atoms with Crippen molar-refractivity contribution in [3.63, 3.8) is 0 Å². The van der Waals surface area contributed by atoms with Gasteiger partial charge in [-0.3, -0.25) is 14.9 Å². The zero-order valence-electron chi connectivity index (χ0n) is 13.9. The number of hydrogen-bond donors (Lipinski definition) is 2. The summed E-state index contributed by atoms with van der Waals surface area (Å²) < 4.78 is 0. The second kappa shape index (κ2) is 7.44. The second-order valence-electron chi connectivity index (χ2n) is 6.00. The van der Waals surface area contributed by atoms with Crippen molar-refractivity contribution < 1.29 is 9.59 Å². The van der Waals surface area contributed by atoms with Gasteiger partial charge in [-0.1, -0.05) is 25.1 Å². The van der Waals surface area contributed by atoms with Crippen molar-refractivity contribution in [1.82, 2.24) is 15.1 Å². The van der Waals surface area contributed by atoms with Gasteiger partial charge in [-0.2, -0.15) is 0 Å². The third-order valence-electron chi connectivity index (χ3n) is 4.37. The molecule has 0 unspecified atom stereocenters. The molecular weight excluding hydrogens is 306 g/mol. The average Bonchev–Trinajstić information content (AvgIpc) is 2.96. The number of rotatable bonds is 4. The Kier molecular flexibility index (Phi) is 5.10. The zero-order valence-corrected chi connectivity index (χ0v) is 13.9. The Bertz CT molecular complexity index is 623. The van der Waals surface area contributed by atoms with Crippen LogP contribution in [0, 0.1) is 0 Å². The monoisotopic (exact) mass is 329 g/mol. The van der Waals surface area contributed by atoms with Gasteiger partial charge >= 0.3 is 0 Å². The summed E-state index contributed by atoms with van der Waals surface area (Å²) in [4.78, 5) is 33.1. The van der Waals surface area contributed by atoms with E-state index in [0.29, 0.717) is 5.96 Å². The van der Waals surface area contributed by atoms with Crippen molar-refractivity contribution in [2.45, 2.75) is 19.4 Å². The van der Waals surface area contributed by atoms with Crippen LogP contribution in [0.2, 0.25) is 0 Å². The molecule has 128 valence electrons. The molecule has 1 saturated heterocycles. The first-order chi connectivity index (χ1) is 11.7. The number of carbonyl (C=O) groups is 2. The molecule has 7 heteroatoms. The second-order valence-corrected chi connectivity index (χ2v) is 6.00. The van der Waals surface area contributed by atoms with E-state index in [4.69, 9.17) is 0 Å². The highest BCUT2D eigenvalue weighted by atomic mass is 16.2. The normalized spacial score (nSPS) is 21.4. The number of nitrogens with zero attached hydrogens (tertiary/aromatic N) is 3. The molecule has 2 N–H and O–H groups in total. The summed E-state index contributed by atoms with van der Waals surface area (Å²) in [6.45, 7) is 6.79. The van der Waals surface area contributed by atoms with Crippen LogP contribution in [0.25, 0.3) is 0 Å². The maximum Gasteiger partial charge on any atom is 0.252 e. The largest absolute Gasteiger partial charge is 0.340 e. The minimum Gasteiger partial charge on any atom is -0.340 e. The molecule has 0 saturated carbocycles. The fourth-order valence-electron chi connectivity index (χ4n) is 2.92. The third kappa shape index (κ3) is 3.91. The molecule has 24 heavy (non-hydrogen) atoms. The van der Waals surface area contributed by atoms with Gasteiger partial charge in [-0.15, -0.1) is 0 Å². The number of anilines is 1. The van der Waals surface area contributed by atoms with Crippen LogP contribution in [0.5, 0.6) is 0 Å². The van der Waals surface area contributed by atoms with E-state index in [2.05, 4.69) is 32.3 Å².